The van der Waals surface area contributed by atoms with Crippen LogP contribution in [0, 0.1) is 13.8 Å². The maximum atomic E-state index is 12.5. The third-order valence-corrected chi connectivity index (χ3v) is 4.31. The summed E-state index contributed by atoms with van der Waals surface area (Å²) in [6.07, 6.45) is 1.62. The largest absolute Gasteiger partial charge is 0.493 e. The van der Waals surface area contributed by atoms with Gasteiger partial charge in [0, 0.05) is 11.3 Å². The van der Waals surface area contributed by atoms with E-state index in [-0.39, 0.29) is 5.91 Å². The maximum absolute atomic E-state index is 12.5. The normalized spacial score (nSPS) is 10.3. The second kappa shape index (κ2) is 8.43. The van der Waals surface area contributed by atoms with E-state index in [4.69, 9.17) is 9.47 Å². The molecule has 0 aliphatic rings. The van der Waals surface area contributed by atoms with E-state index in [2.05, 4.69) is 28.6 Å². The van der Waals surface area contributed by atoms with Crippen LogP contribution < -0.4 is 20.1 Å². The molecule has 0 atom stereocenters. The van der Waals surface area contributed by atoms with Crippen LogP contribution in [0.15, 0.2) is 54.7 Å². The quantitative estimate of drug-likeness (QED) is 0.651. The SMILES string of the molecule is COc1ccc(C(=O)Nc2ccc(Nc3ccc(C)cc3C)nc2)cc1OC. The highest BCUT2D eigenvalue weighted by Gasteiger charge is 2.11. The molecule has 6 nitrogen and oxygen atoms in total. The molecular weight excluding hydrogens is 354 g/mol. The van der Waals surface area contributed by atoms with Gasteiger partial charge < -0.3 is 20.1 Å². The molecule has 0 aliphatic heterocycles. The number of pyridine rings is 1. The van der Waals surface area contributed by atoms with Crippen molar-refractivity contribution < 1.29 is 14.3 Å². The van der Waals surface area contributed by atoms with Crippen molar-refractivity contribution in [2.45, 2.75) is 13.8 Å². The molecule has 0 radical (unpaired) electrons. The van der Waals surface area contributed by atoms with Gasteiger partial charge in [-0.15, -0.1) is 0 Å². The molecule has 2 N–H and O–H groups in total. The van der Waals surface area contributed by atoms with Crippen molar-refractivity contribution in [3.63, 3.8) is 0 Å². The van der Waals surface area contributed by atoms with Crippen molar-refractivity contribution in [3.05, 3.63) is 71.4 Å². The highest BCUT2D eigenvalue weighted by Crippen LogP contribution is 2.28. The van der Waals surface area contributed by atoms with Gasteiger partial charge in [-0.1, -0.05) is 17.7 Å². The summed E-state index contributed by atoms with van der Waals surface area (Å²) in [6.45, 7) is 4.11. The average Bonchev–Trinajstić information content (AvgIpc) is 2.70. The third kappa shape index (κ3) is 4.40. The number of anilines is 3. The van der Waals surface area contributed by atoms with Crippen LogP contribution >= 0.6 is 0 Å². The van der Waals surface area contributed by atoms with Gasteiger partial charge >= 0.3 is 0 Å². The van der Waals surface area contributed by atoms with E-state index in [1.165, 1.54) is 12.7 Å². The summed E-state index contributed by atoms with van der Waals surface area (Å²) < 4.78 is 10.4. The minimum Gasteiger partial charge on any atom is -0.493 e. The van der Waals surface area contributed by atoms with Gasteiger partial charge in [0.2, 0.25) is 0 Å². The van der Waals surface area contributed by atoms with Crippen molar-refractivity contribution in [1.82, 2.24) is 4.98 Å². The molecule has 0 unspecified atom stereocenters. The Morgan fingerprint density at radius 3 is 2.36 bits per heavy atom. The Kier molecular flexibility index (Phi) is 5.79. The summed E-state index contributed by atoms with van der Waals surface area (Å²) in [5.74, 6) is 1.53. The zero-order valence-electron chi connectivity index (χ0n) is 16.4. The molecule has 0 aliphatic carbocycles. The minimum absolute atomic E-state index is 0.252. The van der Waals surface area contributed by atoms with E-state index in [0.717, 1.165) is 11.3 Å². The summed E-state index contributed by atoms with van der Waals surface area (Å²) in [5, 5.41) is 6.12. The van der Waals surface area contributed by atoms with Gasteiger partial charge in [0.15, 0.2) is 11.5 Å². The number of aryl methyl sites for hydroxylation is 2. The van der Waals surface area contributed by atoms with Crippen LogP contribution in [0.2, 0.25) is 0 Å². The molecule has 0 saturated carbocycles. The van der Waals surface area contributed by atoms with Crippen LogP contribution in [0.25, 0.3) is 0 Å². The lowest BCUT2D eigenvalue weighted by Gasteiger charge is -2.11. The molecule has 0 bridgehead atoms. The Morgan fingerprint density at radius 1 is 0.929 bits per heavy atom. The molecule has 0 fully saturated rings. The van der Waals surface area contributed by atoms with Gasteiger partial charge in [0.25, 0.3) is 5.91 Å². The first-order chi connectivity index (χ1) is 13.5. The molecule has 144 valence electrons. The fraction of sp³-hybridized carbons (Fsp3) is 0.182. The van der Waals surface area contributed by atoms with E-state index in [1.54, 1.807) is 37.6 Å². The van der Waals surface area contributed by atoms with E-state index in [0.29, 0.717) is 28.6 Å². The monoisotopic (exact) mass is 377 g/mol. The van der Waals surface area contributed by atoms with Crippen molar-refractivity contribution in [2.24, 2.45) is 0 Å². The molecule has 3 aromatic rings. The van der Waals surface area contributed by atoms with Gasteiger partial charge in [0.1, 0.15) is 5.82 Å². The number of nitrogens with zero attached hydrogens (tertiary/aromatic N) is 1. The third-order valence-electron chi connectivity index (χ3n) is 4.31. The molecule has 1 amide bonds. The summed E-state index contributed by atoms with van der Waals surface area (Å²) in [6, 6.07) is 14.8. The van der Waals surface area contributed by atoms with Gasteiger partial charge in [-0.3, -0.25) is 4.79 Å². The molecular formula is C22H23N3O3. The first-order valence-corrected chi connectivity index (χ1v) is 8.84. The van der Waals surface area contributed by atoms with Crippen LogP contribution in [-0.4, -0.2) is 25.1 Å². The van der Waals surface area contributed by atoms with Crippen molar-refractivity contribution >= 4 is 23.1 Å². The minimum atomic E-state index is -0.252. The Balaban J connectivity index is 1.69. The smallest absolute Gasteiger partial charge is 0.255 e. The van der Waals surface area contributed by atoms with Gasteiger partial charge in [0.05, 0.1) is 26.1 Å². The van der Waals surface area contributed by atoms with E-state index in [1.807, 2.05) is 25.1 Å². The topological polar surface area (TPSA) is 72.5 Å². The molecule has 1 aromatic heterocycles. The predicted molar refractivity (Wildman–Crippen MR) is 111 cm³/mol. The highest BCUT2D eigenvalue weighted by molar-refractivity contribution is 6.04. The highest BCUT2D eigenvalue weighted by atomic mass is 16.5. The number of carbonyl (C=O) groups excluding carboxylic acids is 1. The van der Waals surface area contributed by atoms with Crippen molar-refractivity contribution in [3.8, 4) is 11.5 Å². The molecule has 2 aromatic carbocycles. The second-order valence-electron chi connectivity index (χ2n) is 6.40. The first-order valence-electron chi connectivity index (χ1n) is 8.84. The van der Waals surface area contributed by atoms with Crippen LogP contribution in [0.3, 0.4) is 0 Å². The number of hydrogen-bond acceptors (Lipinski definition) is 5. The molecule has 1 heterocycles. The Labute approximate surface area is 164 Å². The van der Waals surface area contributed by atoms with Gasteiger partial charge in [-0.05, 0) is 55.8 Å². The zero-order valence-corrected chi connectivity index (χ0v) is 16.4. The lowest BCUT2D eigenvalue weighted by atomic mass is 10.1. The van der Waals surface area contributed by atoms with Crippen molar-refractivity contribution in [1.29, 1.82) is 0 Å². The molecule has 3 rings (SSSR count). The number of ether oxygens (including phenoxy) is 2. The molecule has 0 spiro atoms. The fourth-order valence-electron chi connectivity index (χ4n) is 2.81. The maximum Gasteiger partial charge on any atom is 0.255 e. The predicted octanol–water partition coefficient (Wildman–Crippen LogP) is 4.71. The second-order valence-corrected chi connectivity index (χ2v) is 6.40. The first kappa shape index (κ1) is 19.2. The molecule has 0 saturated heterocycles. The Bertz CT molecular complexity index is 985. The summed E-state index contributed by atoms with van der Waals surface area (Å²) in [7, 11) is 3.09. The standard InChI is InChI=1S/C22H23N3O3/c1-14-5-8-18(15(2)11-14)25-21-10-7-17(13-23-21)24-22(26)16-6-9-19(27-3)20(12-16)28-4/h5-13H,1-4H3,(H,23,25)(H,24,26). The van der Waals surface area contributed by atoms with Crippen LogP contribution in [-0.2, 0) is 0 Å². The zero-order chi connectivity index (χ0) is 20.1. The lowest BCUT2D eigenvalue weighted by Crippen LogP contribution is -2.12. The molecule has 28 heavy (non-hydrogen) atoms. The Hall–Kier alpha value is -3.54. The molecule has 6 heteroatoms. The van der Waals surface area contributed by atoms with Crippen LogP contribution in [0.1, 0.15) is 21.5 Å². The average molecular weight is 377 g/mol. The number of aromatic nitrogens is 1. The summed E-state index contributed by atoms with van der Waals surface area (Å²) in [5.41, 5.74) is 4.43. The lowest BCUT2D eigenvalue weighted by molar-refractivity contribution is 0.102. The number of rotatable bonds is 6. The van der Waals surface area contributed by atoms with Gasteiger partial charge in [-0.25, -0.2) is 4.98 Å². The summed E-state index contributed by atoms with van der Waals surface area (Å²) >= 11 is 0. The number of amides is 1. The van der Waals surface area contributed by atoms with Crippen molar-refractivity contribution in [2.75, 3.05) is 24.9 Å². The van der Waals surface area contributed by atoms with Gasteiger partial charge in [-0.2, -0.15) is 0 Å². The number of hydrogen-bond donors (Lipinski definition) is 2. The Morgan fingerprint density at radius 2 is 1.71 bits per heavy atom. The fourth-order valence-corrected chi connectivity index (χ4v) is 2.81. The van der Waals surface area contributed by atoms with E-state index < -0.39 is 0 Å². The number of benzene rings is 2. The van der Waals surface area contributed by atoms with E-state index in [9.17, 15) is 4.79 Å². The number of methoxy groups -OCH3 is 2. The van der Waals surface area contributed by atoms with Crippen LogP contribution in [0.5, 0.6) is 11.5 Å². The summed E-state index contributed by atoms with van der Waals surface area (Å²) in [4.78, 5) is 16.9. The van der Waals surface area contributed by atoms with Crippen LogP contribution in [0.4, 0.5) is 17.2 Å². The number of carbonyl (C=O) groups is 1. The number of nitrogens with one attached hydrogen (secondary N) is 2. The van der Waals surface area contributed by atoms with E-state index >= 15 is 0 Å².